The van der Waals surface area contributed by atoms with Crippen LogP contribution in [-0.2, 0) is 24.2 Å². The first kappa shape index (κ1) is 26.3. The Balaban J connectivity index is 1.63. The lowest BCUT2D eigenvalue weighted by atomic mass is 9.98. The van der Waals surface area contributed by atoms with Crippen molar-refractivity contribution in [2.45, 2.75) is 58.0 Å². The summed E-state index contributed by atoms with van der Waals surface area (Å²) in [7, 11) is 0. The molecular formula is C28H30ClN3O5. The Morgan fingerprint density at radius 2 is 1.73 bits per heavy atom. The minimum Gasteiger partial charge on any atom is -0.505 e. The number of aromatic nitrogens is 1. The highest BCUT2D eigenvalue weighted by Gasteiger charge is 2.27. The van der Waals surface area contributed by atoms with Gasteiger partial charge in [0.05, 0.1) is 19.0 Å². The number of halogens is 1. The Morgan fingerprint density at radius 1 is 1.05 bits per heavy atom. The molecule has 4 N–H and O–H groups in total. The topological polar surface area (TPSA) is 121 Å². The second-order valence-electron chi connectivity index (χ2n) is 9.56. The molecule has 0 saturated heterocycles. The number of aliphatic carboxylic acids is 1. The summed E-state index contributed by atoms with van der Waals surface area (Å²) >= 11 is 6.32. The van der Waals surface area contributed by atoms with Crippen LogP contribution in [0.3, 0.4) is 0 Å². The smallest absolute Gasteiger partial charge is 0.319 e. The van der Waals surface area contributed by atoms with Gasteiger partial charge in [0.25, 0.3) is 5.56 Å². The van der Waals surface area contributed by atoms with Crippen molar-refractivity contribution in [3.63, 3.8) is 0 Å². The van der Waals surface area contributed by atoms with Crippen molar-refractivity contribution in [2.75, 3.05) is 5.32 Å². The third-order valence-corrected chi connectivity index (χ3v) is 7.08. The molecule has 0 fully saturated rings. The van der Waals surface area contributed by atoms with Crippen molar-refractivity contribution in [3.05, 3.63) is 91.9 Å². The van der Waals surface area contributed by atoms with Gasteiger partial charge in [0.2, 0.25) is 0 Å². The van der Waals surface area contributed by atoms with Crippen LogP contribution in [0.25, 0.3) is 0 Å². The molecule has 4 rings (SSSR count). The number of carboxylic acids is 1. The predicted octanol–water partition coefficient (Wildman–Crippen LogP) is 5.21. The molecule has 0 unspecified atom stereocenters. The average Bonchev–Trinajstić information content (AvgIpc) is 3.35. The van der Waals surface area contributed by atoms with E-state index in [-0.39, 0.29) is 24.4 Å². The number of pyridine rings is 1. The lowest BCUT2D eigenvalue weighted by Crippen LogP contribution is -2.37. The summed E-state index contributed by atoms with van der Waals surface area (Å²) in [6.07, 6.45) is 1.63. The number of carboxylic acid groups (broad SMARTS) is 1. The maximum absolute atomic E-state index is 13.5. The first-order valence-corrected chi connectivity index (χ1v) is 12.6. The summed E-state index contributed by atoms with van der Waals surface area (Å²) in [5, 5.41) is 26.0. The quantitative estimate of drug-likeness (QED) is 0.323. The van der Waals surface area contributed by atoms with E-state index in [9.17, 15) is 24.6 Å². The van der Waals surface area contributed by atoms with Gasteiger partial charge >= 0.3 is 12.0 Å². The van der Waals surface area contributed by atoms with Gasteiger partial charge in [-0.2, -0.15) is 0 Å². The molecule has 0 spiro atoms. The monoisotopic (exact) mass is 523 g/mol. The van der Waals surface area contributed by atoms with Crippen LogP contribution in [0.15, 0.2) is 53.3 Å². The van der Waals surface area contributed by atoms with Crippen molar-refractivity contribution in [2.24, 2.45) is 0 Å². The van der Waals surface area contributed by atoms with E-state index in [1.807, 2.05) is 24.3 Å². The maximum Gasteiger partial charge on any atom is 0.319 e. The number of rotatable bonds is 8. The molecular weight excluding hydrogens is 494 g/mol. The van der Waals surface area contributed by atoms with Crippen LogP contribution in [0, 0.1) is 0 Å². The van der Waals surface area contributed by atoms with Gasteiger partial charge in [0.15, 0.2) is 5.69 Å². The molecule has 1 atom stereocenters. The zero-order valence-corrected chi connectivity index (χ0v) is 21.5. The highest BCUT2D eigenvalue weighted by atomic mass is 35.5. The fourth-order valence-electron chi connectivity index (χ4n) is 4.72. The molecule has 9 heteroatoms. The number of hydrogen-bond donors (Lipinski definition) is 4. The van der Waals surface area contributed by atoms with Crippen LogP contribution < -0.4 is 16.2 Å². The summed E-state index contributed by atoms with van der Waals surface area (Å²) in [4.78, 5) is 37.9. The van der Waals surface area contributed by atoms with E-state index >= 15 is 0 Å². The van der Waals surface area contributed by atoms with Gasteiger partial charge in [-0.25, -0.2) is 4.79 Å². The number of anilines is 1. The van der Waals surface area contributed by atoms with Crippen LogP contribution in [0.5, 0.6) is 5.75 Å². The third kappa shape index (κ3) is 5.80. The molecule has 1 aliphatic rings. The van der Waals surface area contributed by atoms with Crippen molar-refractivity contribution in [3.8, 4) is 5.75 Å². The van der Waals surface area contributed by atoms with Gasteiger partial charge in [-0.05, 0) is 47.9 Å². The van der Waals surface area contributed by atoms with Crippen LogP contribution in [0.2, 0.25) is 5.02 Å². The molecule has 0 radical (unpaired) electrons. The minimum absolute atomic E-state index is 0.196. The number of nitrogens with one attached hydrogen (secondary N) is 2. The molecule has 37 heavy (non-hydrogen) atoms. The van der Waals surface area contributed by atoms with Gasteiger partial charge in [0.1, 0.15) is 5.75 Å². The summed E-state index contributed by atoms with van der Waals surface area (Å²) in [5.74, 6) is -1.03. The fourth-order valence-corrected chi connectivity index (χ4v) is 4.91. The molecule has 1 heterocycles. The van der Waals surface area contributed by atoms with Gasteiger partial charge < -0.3 is 25.4 Å². The molecule has 1 aromatic heterocycles. The molecule has 0 saturated carbocycles. The molecule has 0 aliphatic heterocycles. The van der Waals surface area contributed by atoms with Gasteiger partial charge in [-0.15, -0.1) is 0 Å². The number of urea groups is 1. The summed E-state index contributed by atoms with van der Waals surface area (Å²) in [6, 6.07) is 12.9. The van der Waals surface area contributed by atoms with Crippen molar-refractivity contribution in [1.29, 1.82) is 0 Å². The van der Waals surface area contributed by atoms with Crippen molar-refractivity contribution < 1.29 is 19.8 Å². The predicted molar refractivity (Wildman–Crippen MR) is 143 cm³/mol. The zero-order chi connectivity index (χ0) is 26.7. The fraction of sp³-hybridized carbons (Fsp3) is 0.321. The Hall–Kier alpha value is -3.78. The van der Waals surface area contributed by atoms with Crippen LogP contribution in [0.1, 0.15) is 66.6 Å². The largest absolute Gasteiger partial charge is 0.505 e. The van der Waals surface area contributed by atoms with Gasteiger partial charge in [-0.1, -0.05) is 67.9 Å². The van der Waals surface area contributed by atoms with E-state index in [1.165, 1.54) is 4.57 Å². The van der Waals surface area contributed by atoms with Gasteiger partial charge in [0, 0.05) is 16.3 Å². The maximum atomic E-state index is 13.5. The van der Waals surface area contributed by atoms with E-state index in [1.54, 1.807) is 24.3 Å². The first-order valence-electron chi connectivity index (χ1n) is 12.3. The highest BCUT2D eigenvalue weighted by molar-refractivity contribution is 6.31. The standard InChI is InChI=1S/C28H30ClN3O5/c1-16(2)17-10-12-18(13-11-17)22(14-24(33)34)30-28(37)31-25-26(35)20-7-5-9-23(20)32(27(25)36)15-19-6-3-4-8-21(19)29/h3-4,6,8,10-13,16,22,35H,5,7,9,14-15H2,1-2H3,(H,33,34)(H2,30,31,37)/t22-/m0/s1. The number of benzene rings is 2. The van der Waals surface area contributed by atoms with Gasteiger partial charge in [-0.3, -0.25) is 9.59 Å². The zero-order valence-electron chi connectivity index (χ0n) is 20.8. The van der Waals surface area contributed by atoms with Crippen LogP contribution in [-0.4, -0.2) is 26.8 Å². The molecule has 8 nitrogen and oxygen atoms in total. The average molecular weight is 524 g/mol. The number of amides is 2. The van der Waals surface area contributed by atoms with Crippen LogP contribution in [0.4, 0.5) is 10.5 Å². The van der Waals surface area contributed by atoms with E-state index in [2.05, 4.69) is 24.5 Å². The number of aromatic hydroxyl groups is 1. The van der Waals surface area contributed by atoms with E-state index in [4.69, 9.17) is 11.6 Å². The molecule has 2 amide bonds. The van der Waals surface area contributed by atoms with Crippen LogP contribution >= 0.6 is 11.6 Å². The highest BCUT2D eigenvalue weighted by Crippen LogP contribution is 2.34. The van der Waals surface area contributed by atoms with E-state index in [0.717, 1.165) is 23.2 Å². The molecule has 3 aromatic rings. The van der Waals surface area contributed by atoms with E-state index < -0.39 is 23.6 Å². The Morgan fingerprint density at radius 3 is 2.38 bits per heavy atom. The minimum atomic E-state index is -1.08. The third-order valence-electron chi connectivity index (χ3n) is 6.71. The van der Waals surface area contributed by atoms with Crippen molar-refractivity contribution >= 4 is 29.3 Å². The number of nitrogens with zero attached hydrogens (tertiary/aromatic N) is 1. The SMILES string of the molecule is CC(C)c1ccc([C@H](CC(=O)O)NC(=O)Nc2c(O)c3c(n(Cc4ccccc4Cl)c2=O)CCC3)cc1. The lowest BCUT2D eigenvalue weighted by molar-refractivity contribution is -0.137. The summed E-state index contributed by atoms with van der Waals surface area (Å²) in [6.45, 7) is 4.30. The van der Waals surface area contributed by atoms with Crippen molar-refractivity contribution in [1.82, 2.24) is 9.88 Å². The second kappa shape index (κ2) is 11.1. The number of carbonyl (C=O) groups excluding carboxylic acids is 1. The molecule has 0 bridgehead atoms. The normalized spacial score (nSPS) is 13.3. The second-order valence-corrected chi connectivity index (χ2v) is 9.96. The summed E-state index contributed by atoms with van der Waals surface area (Å²) in [5.41, 5.74) is 3.00. The Labute approximate surface area is 219 Å². The lowest BCUT2D eigenvalue weighted by Gasteiger charge is -2.20. The summed E-state index contributed by atoms with van der Waals surface area (Å²) < 4.78 is 1.54. The number of hydrogen-bond acceptors (Lipinski definition) is 4. The number of carbonyl (C=O) groups is 2. The Bertz CT molecular complexity index is 1380. The number of fused-ring (bicyclic) bond motifs is 1. The first-order chi connectivity index (χ1) is 17.7. The van der Waals surface area contributed by atoms with E-state index in [0.29, 0.717) is 34.9 Å². The molecule has 1 aliphatic carbocycles. The molecule has 194 valence electrons. The Kier molecular flexibility index (Phi) is 7.88. The molecule has 2 aromatic carbocycles.